The fraction of sp³-hybridized carbons (Fsp3) is 0.211. The molecule has 0 radical (unpaired) electrons. The van der Waals surface area contributed by atoms with Gasteiger partial charge in [-0.3, -0.25) is 14.7 Å². The van der Waals surface area contributed by atoms with Gasteiger partial charge in [0.15, 0.2) is 0 Å². The number of hydrogen-bond donors (Lipinski definition) is 3. The van der Waals surface area contributed by atoms with Gasteiger partial charge in [0, 0.05) is 18.8 Å². The highest BCUT2D eigenvalue weighted by Gasteiger charge is 2.39. The Kier molecular flexibility index (Phi) is 5.60. The van der Waals surface area contributed by atoms with Crippen molar-refractivity contribution >= 4 is 38.2 Å². The lowest BCUT2D eigenvalue weighted by molar-refractivity contribution is 0.100. The summed E-state index contributed by atoms with van der Waals surface area (Å²) in [4.78, 5) is 24.2. The first kappa shape index (κ1) is 21.2. The summed E-state index contributed by atoms with van der Waals surface area (Å²) in [7, 11) is -3.99. The van der Waals surface area contributed by atoms with Crippen molar-refractivity contribution in [2.45, 2.75) is 29.6 Å². The molecule has 0 aliphatic heterocycles. The largest absolute Gasteiger partial charge is 0.366 e. The molecule has 2 aromatic heterocycles. The van der Waals surface area contributed by atoms with Crippen LogP contribution in [0, 0.1) is 5.82 Å². The third kappa shape index (κ3) is 4.50. The number of primary amides is 1. The number of carbonyl (C=O) groups is 2. The molecular weight excluding hydrogens is 445 g/mol. The Bertz CT molecular complexity index is 1220. The van der Waals surface area contributed by atoms with Crippen molar-refractivity contribution in [3.63, 3.8) is 0 Å². The lowest BCUT2D eigenvalue weighted by Crippen LogP contribution is -2.32. The highest BCUT2D eigenvalue weighted by atomic mass is 32.2. The summed E-state index contributed by atoms with van der Waals surface area (Å²) >= 11 is 0.750. The first-order chi connectivity index (χ1) is 14.8. The number of hydrogen-bond acceptors (Lipinski definition) is 6. The van der Waals surface area contributed by atoms with E-state index in [9.17, 15) is 22.4 Å². The molecule has 2 heterocycles. The summed E-state index contributed by atoms with van der Waals surface area (Å²) in [5, 5.41) is 8.71. The van der Waals surface area contributed by atoms with E-state index in [1.165, 1.54) is 46.9 Å². The number of nitrogens with two attached hydrogens (primary N) is 1. The van der Waals surface area contributed by atoms with Crippen LogP contribution in [0.25, 0.3) is 0 Å². The molecule has 12 heteroatoms. The predicted octanol–water partition coefficient (Wildman–Crippen LogP) is 2.31. The van der Waals surface area contributed by atoms with Crippen molar-refractivity contribution < 1.29 is 22.4 Å². The van der Waals surface area contributed by atoms with Gasteiger partial charge in [-0.2, -0.15) is 9.40 Å². The van der Waals surface area contributed by atoms with E-state index in [1.54, 1.807) is 0 Å². The van der Waals surface area contributed by atoms with Crippen LogP contribution in [0.5, 0.6) is 0 Å². The van der Waals surface area contributed by atoms with Crippen LogP contribution in [0.4, 0.5) is 9.39 Å². The van der Waals surface area contributed by atoms with E-state index in [1.807, 2.05) is 0 Å². The zero-order chi connectivity index (χ0) is 22.2. The van der Waals surface area contributed by atoms with Crippen molar-refractivity contribution in [1.29, 1.82) is 0 Å². The van der Waals surface area contributed by atoms with Crippen molar-refractivity contribution in [1.82, 2.24) is 14.5 Å². The number of nitrogens with zero attached hydrogens (tertiary/aromatic N) is 2. The quantitative estimate of drug-likeness (QED) is 0.471. The molecule has 0 unspecified atom stereocenters. The molecule has 31 heavy (non-hydrogen) atoms. The molecule has 0 bridgehead atoms. The maximum absolute atomic E-state index is 13.4. The molecule has 0 saturated heterocycles. The van der Waals surface area contributed by atoms with E-state index in [4.69, 9.17) is 5.73 Å². The molecule has 1 fully saturated rings. The molecule has 1 aliphatic carbocycles. The van der Waals surface area contributed by atoms with E-state index < -0.39 is 27.7 Å². The highest BCUT2D eigenvalue weighted by Crippen LogP contribution is 2.38. The van der Waals surface area contributed by atoms with E-state index in [2.05, 4.69) is 15.5 Å². The number of aromatic nitrogens is 2. The number of sulfonamides is 1. The normalized spacial score (nSPS) is 14.0. The van der Waals surface area contributed by atoms with Crippen LogP contribution in [-0.2, 0) is 16.6 Å². The number of benzene rings is 1. The van der Waals surface area contributed by atoms with Crippen LogP contribution in [-0.4, -0.2) is 40.8 Å². The Hall–Kier alpha value is -3.09. The summed E-state index contributed by atoms with van der Waals surface area (Å²) in [6, 6.07) is 8.02. The molecule has 162 valence electrons. The van der Waals surface area contributed by atoms with Crippen molar-refractivity contribution in [3.8, 4) is 0 Å². The monoisotopic (exact) mass is 463 g/mol. The van der Waals surface area contributed by atoms with Crippen LogP contribution < -0.4 is 11.1 Å². The molecule has 2 amide bonds. The number of thiophene rings is 1. The second-order valence-corrected chi connectivity index (χ2v) is 10.2. The summed E-state index contributed by atoms with van der Waals surface area (Å²) in [6.45, 7) is 0.0624. The number of carbonyl (C=O) groups excluding carboxylic acids is 2. The molecule has 0 spiro atoms. The van der Waals surface area contributed by atoms with Gasteiger partial charge in [-0.1, -0.05) is 12.1 Å². The number of amides is 2. The van der Waals surface area contributed by atoms with Crippen molar-refractivity contribution in [2.24, 2.45) is 5.73 Å². The summed E-state index contributed by atoms with van der Waals surface area (Å²) in [5.74, 6) is -1.86. The summed E-state index contributed by atoms with van der Waals surface area (Å²) < 4.78 is 41.2. The summed E-state index contributed by atoms with van der Waals surface area (Å²) in [5.41, 5.74) is 6.08. The van der Waals surface area contributed by atoms with E-state index in [0.717, 1.165) is 11.3 Å². The van der Waals surface area contributed by atoms with Crippen LogP contribution in [0.2, 0.25) is 0 Å². The van der Waals surface area contributed by atoms with E-state index in [-0.39, 0.29) is 33.1 Å². The van der Waals surface area contributed by atoms with Gasteiger partial charge in [-0.15, -0.1) is 11.3 Å². The number of H-pyrrole nitrogens is 1. The Morgan fingerprint density at radius 3 is 2.55 bits per heavy atom. The Balaban J connectivity index is 1.65. The SMILES string of the molecule is NC(=O)c1cc(S(=O)(=O)N(Cc2ccc(F)cc2)C2CC2)sc1NC(=O)c1ccn[nH]1. The maximum Gasteiger partial charge on any atom is 0.274 e. The topological polar surface area (TPSA) is 138 Å². The molecule has 1 aliphatic rings. The number of halogens is 1. The van der Waals surface area contributed by atoms with E-state index >= 15 is 0 Å². The Morgan fingerprint density at radius 2 is 1.97 bits per heavy atom. The lowest BCUT2D eigenvalue weighted by Gasteiger charge is -2.21. The van der Waals surface area contributed by atoms with Gasteiger partial charge in [0.1, 0.15) is 20.7 Å². The number of nitrogens with one attached hydrogen (secondary N) is 2. The van der Waals surface area contributed by atoms with Gasteiger partial charge >= 0.3 is 0 Å². The summed E-state index contributed by atoms with van der Waals surface area (Å²) in [6.07, 6.45) is 2.80. The van der Waals surface area contributed by atoms with Gasteiger partial charge in [0.2, 0.25) is 0 Å². The molecular formula is C19H18FN5O4S2. The highest BCUT2D eigenvalue weighted by molar-refractivity contribution is 7.91. The van der Waals surface area contributed by atoms with E-state index in [0.29, 0.717) is 18.4 Å². The Labute approximate surface area is 181 Å². The zero-order valence-corrected chi connectivity index (χ0v) is 17.7. The van der Waals surface area contributed by atoms with Crippen molar-refractivity contribution in [3.05, 3.63) is 65.2 Å². The van der Waals surface area contributed by atoms with Crippen LogP contribution >= 0.6 is 11.3 Å². The van der Waals surface area contributed by atoms with Gasteiger partial charge in [-0.05, 0) is 42.7 Å². The van der Waals surface area contributed by atoms with Crippen LogP contribution in [0.1, 0.15) is 39.3 Å². The molecule has 9 nitrogen and oxygen atoms in total. The second kappa shape index (κ2) is 8.21. The van der Waals surface area contributed by atoms with Crippen molar-refractivity contribution in [2.75, 3.05) is 5.32 Å². The third-order valence-electron chi connectivity index (χ3n) is 4.72. The van der Waals surface area contributed by atoms with Gasteiger partial charge in [-0.25, -0.2) is 12.8 Å². The van der Waals surface area contributed by atoms with Gasteiger partial charge < -0.3 is 11.1 Å². The molecule has 4 N–H and O–H groups in total. The number of aromatic amines is 1. The average Bonchev–Trinajstić information content (AvgIpc) is 3.23. The fourth-order valence-corrected chi connectivity index (χ4v) is 6.15. The van der Waals surface area contributed by atoms with Crippen LogP contribution in [0.15, 0.2) is 46.8 Å². The molecule has 4 rings (SSSR count). The zero-order valence-electron chi connectivity index (χ0n) is 16.0. The van der Waals surface area contributed by atoms with Gasteiger partial charge in [0.25, 0.3) is 21.8 Å². The average molecular weight is 464 g/mol. The third-order valence-corrected chi connectivity index (χ3v) is 8.11. The first-order valence-electron chi connectivity index (χ1n) is 9.26. The number of anilines is 1. The molecule has 0 atom stereocenters. The smallest absolute Gasteiger partial charge is 0.274 e. The minimum absolute atomic E-state index is 0.0307. The minimum Gasteiger partial charge on any atom is -0.366 e. The maximum atomic E-state index is 13.4. The standard InChI is InChI=1S/C19H18FN5O4S2/c20-12-3-1-11(2-4-12)10-25(13-5-6-13)31(28,29)16-9-14(17(21)26)19(30-16)23-18(27)15-7-8-22-24-15/h1-4,7-9,13H,5-6,10H2,(H2,21,26)(H,22,24)(H,23,27). The molecule has 1 saturated carbocycles. The van der Waals surface area contributed by atoms with Crippen LogP contribution in [0.3, 0.4) is 0 Å². The fourth-order valence-electron chi connectivity index (χ4n) is 2.98. The minimum atomic E-state index is -3.99. The molecule has 3 aromatic rings. The first-order valence-corrected chi connectivity index (χ1v) is 11.5. The second-order valence-electron chi connectivity index (χ2n) is 7.00. The predicted molar refractivity (Wildman–Crippen MR) is 112 cm³/mol. The molecule has 1 aromatic carbocycles. The Morgan fingerprint density at radius 1 is 1.26 bits per heavy atom. The van der Waals surface area contributed by atoms with Gasteiger partial charge in [0.05, 0.1) is 5.56 Å². The lowest BCUT2D eigenvalue weighted by atomic mass is 10.2. The number of rotatable bonds is 8.